The monoisotopic (exact) mass is 140 g/mol. The van der Waals surface area contributed by atoms with Gasteiger partial charge in [-0.3, -0.25) is 0 Å². The molecule has 0 amide bonds. The SMILES string of the molecule is CCCC(F)(F)C(O)O. The summed E-state index contributed by atoms with van der Waals surface area (Å²) in [6.45, 7) is 1.55. The molecule has 0 rings (SSSR count). The van der Waals surface area contributed by atoms with Crippen LogP contribution in [0.4, 0.5) is 8.78 Å². The summed E-state index contributed by atoms with van der Waals surface area (Å²) in [6, 6.07) is 0. The molecule has 0 aromatic rings. The van der Waals surface area contributed by atoms with Crippen molar-refractivity contribution in [1.82, 2.24) is 0 Å². The maximum atomic E-state index is 12.0. The zero-order valence-electron chi connectivity index (χ0n) is 5.14. The zero-order valence-corrected chi connectivity index (χ0v) is 5.14. The van der Waals surface area contributed by atoms with Crippen molar-refractivity contribution >= 4 is 0 Å². The molecule has 0 bridgehead atoms. The van der Waals surface area contributed by atoms with Gasteiger partial charge in [0.1, 0.15) is 0 Å². The van der Waals surface area contributed by atoms with E-state index in [2.05, 4.69) is 0 Å². The van der Waals surface area contributed by atoms with E-state index < -0.39 is 18.6 Å². The Labute approximate surface area is 52.1 Å². The number of halogens is 2. The summed E-state index contributed by atoms with van der Waals surface area (Å²) in [4.78, 5) is 0. The van der Waals surface area contributed by atoms with Gasteiger partial charge < -0.3 is 10.2 Å². The van der Waals surface area contributed by atoms with Crippen LogP contribution in [-0.4, -0.2) is 22.4 Å². The second-order valence-electron chi connectivity index (χ2n) is 1.88. The van der Waals surface area contributed by atoms with Crippen LogP contribution in [0.5, 0.6) is 0 Å². The van der Waals surface area contributed by atoms with E-state index >= 15 is 0 Å². The third-order valence-corrected chi connectivity index (χ3v) is 0.961. The van der Waals surface area contributed by atoms with Crippen LogP contribution in [0.3, 0.4) is 0 Å². The van der Waals surface area contributed by atoms with E-state index in [4.69, 9.17) is 10.2 Å². The molecule has 4 heteroatoms. The highest BCUT2D eigenvalue weighted by atomic mass is 19.3. The Kier molecular flexibility index (Phi) is 3.00. The third-order valence-electron chi connectivity index (χ3n) is 0.961. The second-order valence-corrected chi connectivity index (χ2v) is 1.88. The summed E-state index contributed by atoms with van der Waals surface area (Å²) in [7, 11) is 0. The van der Waals surface area contributed by atoms with Crippen LogP contribution in [0.15, 0.2) is 0 Å². The summed E-state index contributed by atoms with van der Waals surface area (Å²) >= 11 is 0. The van der Waals surface area contributed by atoms with Crippen LogP contribution in [0, 0.1) is 0 Å². The van der Waals surface area contributed by atoms with Crippen molar-refractivity contribution in [2.24, 2.45) is 0 Å². The number of hydrogen-bond donors (Lipinski definition) is 2. The molecule has 0 aromatic heterocycles. The van der Waals surface area contributed by atoms with Crippen molar-refractivity contribution < 1.29 is 19.0 Å². The van der Waals surface area contributed by atoms with Crippen molar-refractivity contribution in [3.63, 3.8) is 0 Å². The lowest BCUT2D eigenvalue weighted by Gasteiger charge is -2.16. The largest absolute Gasteiger partial charge is 0.363 e. The Hall–Kier alpha value is -0.220. The molecule has 9 heavy (non-hydrogen) atoms. The van der Waals surface area contributed by atoms with E-state index in [0.29, 0.717) is 0 Å². The van der Waals surface area contributed by atoms with Gasteiger partial charge in [-0.15, -0.1) is 0 Å². The average molecular weight is 140 g/mol. The van der Waals surface area contributed by atoms with Gasteiger partial charge in [0.05, 0.1) is 0 Å². The highest BCUT2D eigenvalue weighted by molar-refractivity contribution is 4.66. The molecular weight excluding hydrogens is 130 g/mol. The van der Waals surface area contributed by atoms with Crippen LogP contribution in [0.2, 0.25) is 0 Å². The Balaban J connectivity index is 3.70. The van der Waals surface area contributed by atoms with Crippen LogP contribution < -0.4 is 0 Å². The highest BCUT2D eigenvalue weighted by Gasteiger charge is 2.35. The van der Waals surface area contributed by atoms with E-state index in [1.54, 1.807) is 6.92 Å². The number of rotatable bonds is 3. The first-order valence-electron chi connectivity index (χ1n) is 2.74. The average Bonchev–Trinajstić information content (AvgIpc) is 1.65. The summed E-state index contributed by atoms with van der Waals surface area (Å²) in [5.41, 5.74) is 0. The topological polar surface area (TPSA) is 40.5 Å². The van der Waals surface area contributed by atoms with Crippen LogP contribution >= 0.6 is 0 Å². The van der Waals surface area contributed by atoms with Gasteiger partial charge in [0, 0.05) is 6.42 Å². The van der Waals surface area contributed by atoms with E-state index in [0.717, 1.165) is 0 Å². The molecule has 0 radical (unpaired) electrons. The predicted molar refractivity (Wildman–Crippen MR) is 28.1 cm³/mol. The lowest BCUT2D eigenvalue weighted by atomic mass is 10.2. The molecule has 2 N–H and O–H groups in total. The van der Waals surface area contributed by atoms with Gasteiger partial charge >= 0.3 is 0 Å². The Morgan fingerprint density at radius 1 is 1.44 bits per heavy atom. The zero-order chi connectivity index (χ0) is 7.49. The van der Waals surface area contributed by atoms with Gasteiger partial charge in [0.2, 0.25) is 6.29 Å². The smallest absolute Gasteiger partial charge is 0.297 e. The van der Waals surface area contributed by atoms with Crippen molar-refractivity contribution in [2.45, 2.75) is 32.0 Å². The summed E-state index contributed by atoms with van der Waals surface area (Å²) in [5.74, 6) is -3.34. The maximum Gasteiger partial charge on any atom is 0.297 e. The van der Waals surface area contributed by atoms with Crippen molar-refractivity contribution in [1.29, 1.82) is 0 Å². The molecule has 0 aromatic carbocycles. The van der Waals surface area contributed by atoms with Gasteiger partial charge in [0.15, 0.2) is 0 Å². The Bertz CT molecular complexity index is 83.0. The summed E-state index contributed by atoms with van der Waals surface area (Å²) in [6.07, 6.45) is -2.76. The van der Waals surface area contributed by atoms with Crippen LogP contribution in [-0.2, 0) is 0 Å². The molecular formula is C5H10F2O2. The number of aliphatic hydroxyl groups is 2. The molecule has 56 valence electrons. The first-order valence-corrected chi connectivity index (χ1v) is 2.74. The molecule has 0 aliphatic rings. The van der Waals surface area contributed by atoms with Gasteiger partial charge in [-0.1, -0.05) is 13.3 Å². The fourth-order valence-electron chi connectivity index (χ4n) is 0.462. The maximum absolute atomic E-state index is 12.0. The molecule has 0 unspecified atom stereocenters. The van der Waals surface area contributed by atoms with Crippen molar-refractivity contribution in [3.05, 3.63) is 0 Å². The standard InChI is InChI=1S/C5H10F2O2/c1-2-3-5(6,7)4(8)9/h4,8-9H,2-3H2,1H3. The first-order chi connectivity index (χ1) is 4.00. The Morgan fingerprint density at radius 2 is 1.89 bits per heavy atom. The van der Waals surface area contributed by atoms with Crippen molar-refractivity contribution in [3.8, 4) is 0 Å². The minimum atomic E-state index is -3.34. The van der Waals surface area contributed by atoms with E-state index in [1.165, 1.54) is 0 Å². The third kappa shape index (κ3) is 2.72. The predicted octanol–water partition coefficient (Wildman–Crippen LogP) is 0.732. The molecule has 0 aliphatic carbocycles. The van der Waals surface area contributed by atoms with E-state index in [9.17, 15) is 8.78 Å². The number of alkyl halides is 2. The van der Waals surface area contributed by atoms with E-state index in [-0.39, 0.29) is 6.42 Å². The number of aliphatic hydroxyl groups excluding tert-OH is 1. The van der Waals surface area contributed by atoms with Crippen LogP contribution in [0.25, 0.3) is 0 Å². The molecule has 0 spiro atoms. The lowest BCUT2D eigenvalue weighted by molar-refractivity contribution is -0.211. The summed E-state index contributed by atoms with van der Waals surface area (Å²) < 4.78 is 24.1. The fraction of sp³-hybridized carbons (Fsp3) is 1.00. The molecule has 0 atom stereocenters. The molecule has 2 nitrogen and oxygen atoms in total. The first kappa shape index (κ1) is 8.78. The highest BCUT2D eigenvalue weighted by Crippen LogP contribution is 2.22. The molecule has 0 saturated heterocycles. The molecule has 0 aliphatic heterocycles. The Morgan fingerprint density at radius 3 is 2.00 bits per heavy atom. The molecule has 0 fully saturated rings. The van der Waals surface area contributed by atoms with Gasteiger partial charge in [-0.25, -0.2) is 8.78 Å². The second kappa shape index (κ2) is 3.08. The molecule has 0 saturated carbocycles. The minimum Gasteiger partial charge on any atom is -0.363 e. The fourth-order valence-corrected chi connectivity index (χ4v) is 0.462. The van der Waals surface area contributed by atoms with Crippen LogP contribution in [0.1, 0.15) is 19.8 Å². The minimum absolute atomic E-state index is 0.241. The lowest BCUT2D eigenvalue weighted by Crippen LogP contribution is -2.32. The normalized spacial score (nSPS) is 12.7. The number of hydrogen-bond acceptors (Lipinski definition) is 2. The quantitative estimate of drug-likeness (QED) is 0.567. The van der Waals surface area contributed by atoms with Crippen molar-refractivity contribution in [2.75, 3.05) is 0 Å². The van der Waals surface area contributed by atoms with Gasteiger partial charge in [-0.05, 0) is 0 Å². The molecule has 0 heterocycles. The summed E-state index contributed by atoms with van der Waals surface area (Å²) in [5, 5.41) is 16.0. The van der Waals surface area contributed by atoms with Gasteiger partial charge in [0.25, 0.3) is 5.92 Å². The van der Waals surface area contributed by atoms with Gasteiger partial charge in [-0.2, -0.15) is 0 Å². The van der Waals surface area contributed by atoms with E-state index in [1.807, 2.05) is 0 Å².